The van der Waals surface area contributed by atoms with Crippen molar-refractivity contribution in [3.63, 3.8) is 0 Å². The highest BCUT2D eigenvalue weighted by Crippen LogP contribution is 2.26. The molecule has 5 rings (SSSR count). The number of nitrogens with zero attached hydrogens (tertiary/aromatic N) is 2. The Hall–Kier alpha value is -3.64. The van der Waals surface area contributed by atoms with Crippen molar-refractivity contribution in [2.45, 2.75) is 19.5 Å². The van der Waals surface area contributed by atoms with Crippen LogP contribution in [-0.2, 0) is 6.54 Å². The van der Waals surface area contributed by atoms with E-state index >= 15 is 0 Å². The first-order valence-corrected chi connectivity index (χ1v) is 12.0. The Bertz CT molecular complexity index is 1470. The lowest BCUT2D eigenvalue weighted by Gasteiger charge is -2.17. The molecule has 0 saturated heterocycles. The average molecular weight is 514 g/mol. The van der Waals surface area contributed by atoms with Gasteiger partial charge in [0.25, 0.3) is 5.91 Å². The predicted molar refractivity (Wildman–Crippen MR) is 139 cm³/mol. The molecule has 0 saturated carbocycles. The first-order valence-electron chi connectivity index (χ1n) is 11.2. The molecule has 1 atom stereocenters. The van der Waals surface area contributed by atoms with E-state index in [1.807, 2.05) is 73.7 Å². The first kappa shape index (κ1) is 22.2. The predicted octanol–water partition coefficient (Wildman–Crippen LogP) is 6.52. The minimum absolute atomic E-state index is 0.139. The van der Waals surface area contributed by atoms with E-state index in [-0.39, 0.29) is 11.9 Å². The number of ether oxygens (including phenoxy) is 1. The topological polar surface area (TPSA) is 56.2 Å². The lowest BCUT2D eigenvalue weighted by atomic mass is 10.1. The molecule has 34 heavy (non-hydrogen) atoms. The van der Waals surface area contributed by atoms with Gasteiger partial charge >= 0.3 is 0 Å². The molecule has 1 amide bonds. The number of hydrogen-bond donors (Lipinski definition) is 1. The smallest absolute Gasteiger partial charge is 0.251 e. The summed E-state index contributed by atoms with van der Waals surface area (Å²) in [5.74, 6) is 1.52. The van der Waals surface area contributed by atoms with Crippen LogP contribution < -0.4 is 10.1 Å². The monoisotopic (exact) mass is 513 g/mol. The fraction of sp³-hybridized carbons (Fsp3) is 0.143. The van der Waals surface area contributed by atoms with Crippen LogP contribution in [0, 0.1) is 0 Å². The molecule has 1 aromatic heterocycles. The van der Waals surface area contributed by atoms with E-state index in [0.29, 0.717) is 18.7 Å². The van der Waals surface area contributed by atoms with Gasteiger partial charge in [0.2, 0.25) is 0 Å². The number of amides is 1. The molecule has 4 aromatic carbocycles. The number of imidazole rings is 1. The Balaban J connectivity index is 1.38. The van der Waals surface area contributed by atoms with Gasteiger partial charge in [-0.2, -0.15) is 0 Å². The summed E-state index contributed by atoms with van der Waals surface area (Å²) in [5.41, 5.74) is 2.51. The fourth-order valence-corrected chi connectivity index (χ4v) is 4.60. The van der Waals surface area contributed by atoms with E-state index in [1.54, 1.807) is 6.07 Å². The minimum atomic E-state index is -0.281. The standard InChI is InChI=1S/C28H24BrN3O2/c1-19(30-28(33)21-10-6-11-22(29)18-21)27-31-24-13-4-5-14-25(24)32(27)16-17-34-26-15-7-9-20-8-2-3-12-23(20)26/h2-15,18-19H,16-17H2,1H3,(H,30,33). The second-order valence-electron chi connectivity index (χ2n) is 8.14. The number of fused-ring (bicyclic) bond motifs is 2. The van der Waals surface area contributed by atoms with Crippen LogP contribution in [0.4, 0.5) is 0 Å². The van der Waals surface area contributed by atoms with Gasteiger partial charge in [0.1, 0.15) is 18.2 Å². The third-order valence-corrected chi connectivity index (χ3v) is 6.32. The Morgan fingerprint density at radius 1 is 1.00 bits per heavy atom. The highest BCUT2D eigenvalue weighted by atomic mass is 79.9. The van der Waals surface area contributed by atoms with Gasteiger partial charge in [-0.15, -0.1) is 0 Å². The summed E-state index contributed by atoms with van der Waals surface area (Å²) < 4.78 is 9.20. The molecule has 0 fully saturated rings. The summed E-state index contributed by atoms with van der Waals surface area (Å²) in [7, 11) is 0. The van der Waals surface area contributed by atoms with E-state index in [2.05, 4.69) is 44.0 Å². The molecule has 0 aliphatic carbocycles. The minimum Gasteiger partial charge on any atom is -0.491 e. The largest absolute Gasteiger partial charge is 0.491 e. The van der Waals surface area contributed by atoms with Crippen molar-refractivity contribution in [2.75, 3.05) is 6.61 Å². The molecule has 0 aliphatic rings. The van der Waals surface area contributed by atoms with Crippen LogP contribution in [0.3, 0.4) is 0 Å². The molecule has 1 unspecified atom stereocenters. The van der Waals surface area contributed by atoms with Gasteiger partial charge < -0.3 is 14.6 Å². The maximum Gasteiger partial charge on any atom is 0.251 e. The summed E-state index contributed by atoms with van der Waals surface area (Å²) in [4.78, 5) is 17.7. The van der Waals surface area contributed by atoms with Gasteiger partial charge in [-0.3, -0.25) is 4.79 Å². The number of aromatic nitrogens is 2. The number of hydrogen-bond acceptors (Lipinski definition) is 3. The van der Waals surface area contributed by atoms with Crippen molar-refractivity contribution in [3.05, 3.63) is 107 Å². The number of para-hydroxylation sites is 2. The van der Waals surface area contributed by atoms with Gasteiger partial charge in [0.15, 0.2) is 0 Å². The molecular weight excluding hydrogens is 490 g/mol. The third kappa shape index (κ3) is 4.54. The lowest BCUT2D eigenvalue weighted by molar-refractivity contribution is 0.0937. The zero-order chi connectivity index (χ0) is 23.5. The van der Waals surface area contributed by atoms with Crippen LogP contribution in [0.15, 0.2) is 95.5 Å². The Labute approximate surface area is 206 Å². The number of rotatable bonds is 7. The zero-order valence-corrected chi connectivity index (χ0v) is 20.3. The highest BCUT2D eigenvalue weighted by Gasteiger charge is 2.19. The molecule has 0 bridgehead atoms. The lowest BCUT2D eigenvalue weighted by Crippen LogP contribution is -2.29. The fourth-order valence-electron chi connectivity index (χ4n) is 4.20. The van der Waals surface area contributed by atoms with Gasteiger partial charge in [-0.05, 0) is 48.7 Å². The first-order chi connectivity index (χ1) is 16.6. The Morgan fingerprint density at radius 3 is 2.65 bits per heavy atom. The number of benzene rings is 4. The van der Waals surface area contributed by atoms with Crippen LogP contribution >= 0.6 is 15.9 Å². The average Bonchev–Trinajstić information content (AvgIpc) is 3.23. The van der Waals surface area contributed by atoms with E-state index in [1.165, 1.54) is 0 Å². The zero-order valence-electron chi connectivity index (χ0n) is 18.7. The maximum atomic E-state index is 12.8. The molecule has 1 heterocycles. The quantitative estimate of drug-likeness (QED) is 0.269. The number of halogens is 1. The molecule has 0 radical (unpaired) electrons. The Kier molecular flexibility index (Phi) is 6.32. The van der Waals surface area contributed by atoms with Crippen molar-refractivity contribution in [3.8, 4) is 5.75 Å². The molecule has 6 heteroatoms. The van der Waals surface area contributed by atoms with Gasteiger partial charge in [0, 0.05) is 15.4 Å². The molecule has 0 aliphatic heterocycles. The van der Waals surface area contributed by atoms with Crippen LogP contribution in [0.5, 0.6) is 5.75 Å². The van der Waals surface area contributed by atoms with Crippen LogP contribution in [0.25, 0.3) is 21.8 Å². The van der Waals surface area contributed by atoms with Gasteiger partial charge in [0.05, 0.1) is 23.6 Å². The summed E-state index contributed by atoms with van der Waals surface area (Å²) in [5, 5.41) is 5.33. The normalized spacial score (nSPS) is 12.1. The maximum absolute atomic E-state index is 12.8. The molecule has 170 valence electrons. The van der Waals surface area contributed by atoms with Gasteiger partial charge in [-0.1, -0.05) is 70.5 Å². The van der Waals surface area contributed by atoms with E-state index in [4.69, 9.17) is 9.72 Å². The second-order valence-corrected chi connectivity index (χ2v) is 9.06. The molecule has 5 aromatic rings. The summed E-state index contributed by atoms with van der Waals surface area (Å²) in [6.45, 7) is 3.04. The van der Waals surface area contributed by atoms with Crippen molar-refractivity contribution >= 4 is 43.6 Å². The number of nitrogens with one attached hydrogen (secondary N) is 1. The number of carbonyl (C=O) groups is 1. The molecular formula is C28H24BrN3O2. The molecule has 1 N–H and O–H groups in total. The SMILES string of the molecule is CC(NC(=O)c1cccc(Br)c1)c1nc2ccccc2n1CCOc1cccc2ccccc12. The van der Waals surface area contributed by atoms with Crippen LogP contribution in [0.1, 0.15) is 29.1 Å². The summed E-state index contributed by atoms with van der Waals surface area (Å²) >= 11 is 3.43. The van der Waals surface area contributed by atoms with Crippen molar-refractivity contribution in [1.82, 2.24) is 14.9 Å². The summed E-state index contributed by atoms with van der Waals surface area (Å²) in [6, 6.07) is 29.4. The van der Waals surface area contributed by atoms with E-state index in [9.17, 15) is 4.79 Å². The van der Waals surface area contributed by atoms with Crippen molar-refractivity contribution < 1.29 is 9.53 Å². The number of carbonyl (C=O) groups excluding carboxylic acids is 1. The van der Waals surface area contributed by atoms with Crippen molar-refractivity contribution in [1.29, 1.82) is 0 Å². The van der Waals surface area contributed by atoms with Crippen LogP contribution in [0.2, 0.25) is 0 Å². The van der Waals surface area contributed by atoms with E-state index < -0.39 is 0 Å². The second kappa shape index (κ2) is 9.69. The summed E-state index contributed by atoms with van der Waals surface area (Å²) in [6.07, 6.45) is 0. The third-order valence-electron chi connectivity index (χ3n) is 5.83. The van der Waals surface area contributed by atoms with Gasteiger partial charge in [-0.25, -0.2) is 4.98 Å². The van der Waals surface area contributed by atoms with Crippen molar-refractivity contribution in [2.24, 2.45) is 0 Å². The molecule has 5 nitrogen and oxygen atoms in total. The Morgan fingerprint density at radius 2 is 1.76 bits per heavy atom. The highest BCUT2D eigenvalue weighted by molar-refractivity contribution is 9.10. The van der Waals surface area contributed by atoms with Crippen LogP contribution in [-0.4, -0.2) is 22.1 Å². The molecule has 0 spiro atoms. The van der Waals surface area contributed by atoms with E-state index in [0.717, 1.165) is 37.9 Å².